The van der Waals surface area contributed by atoms with E-state index in [1.807, 2.05) is 54.6 Å². The van der Waals surface area contributed by atoms with Crippen molar-refractivity contribution in [3.05, 3.63) is 84.6 Å². The van der Waals surface area contributed by atoms with Gasteiger partial charge in [0.05, 0.1) is 24.6 Å². The number of benzene rings is 2. The number of carboxylic acids is 1. The predicted octanol–water partition coefficient (Wildman–Crippen LogP) is 5.38. The molecule has 0 aliphatic carbocycles. The Bertz CT molecular complexity index is 1320. The first kappa shape index (κ1) is 29.8. The smallest absolute Gasteiger partial charge is 0.307 e. The number of methoxy groups -OCH3 is 1. The fourth-order valence-corrected chi connectivity index (χ4v) is 6.47. The zero-order valence-corrected chi connectivity index (χ0v) is 23.9. The first-order chi connectivity index (χ1) is 19.3. The Labute approximate surface area is 240 Å². The highest BCUT2D eigenvalue weighted by atomic mass is 32.2. The van der Waals surface area contributed by atoms with E-state index < -0.39 is 18.0 Å². The predicted molar refractivity (Wildman–Crippen MR) is 159 cm³/mol. The second-order valence-corrected chi connectivity index (χ2v) is 11.7. The van der Waals surface area contributed by atoms with Crippen molar-refractivity contribution in [1.29, 1.82) is 0 Å². The topological polar surface area (TPSA) is 100.0 Å². The number of rotatable bonds is 9. The molecule has 3 aliphatic heterocycles. The van der Waals surface area contributed by atoms with Crippen molar-refractivity contribution in [2.75, 3.05) is 26.0 Å². The van der Waals surface area contributed by atoms with E-state index in [1.54, 1.807) is 13.3 Å². The van der Waals surface area contributed by atoms with E-state index in [-0.39, 0.29) is 11.2 Å². The first-order valence-corrected chi connectivity index (χ1v) is 14.7. The summed E-state index contributed by atoms with van der Waals surface area (Å²) in [6.45, 7) is 7.52. The summed E-state index contributed by atoms with van der Waals surface area (Å²) in [5.41, 5.74) is 2.83. The van der Waals surface area contributed by atoms with Crippen LogP contribution in [0.5, 0.6) is 5.75 Å². The Morgan fingerprint density at radius 1 is 1.23 bits per heavy atom. The van der Waals surface area contributed by atoms with Crippen LogP contribution >= 0.6 is 11.8 Å². The van der Waals surface area contributed by atoms with Crippen LogP contribution < -0.4 is 4.74 Å². The standard InChI is InChI=1S/C20H24N2O2.C12H14O3S/c1-3-13-12-22-9-7-14(13)10-19(22)20(23)16-6-8-21-18-5-4-15(24-2)11-17(16)18;1-9(13)16-8-11(12(14)15)7-10-5-3-2-4-6-10/h3-6,8,11,13-14,19-20,23H,1,7,9-10,12H2,2H3;2-6,11H,7-8H2,1H3,(H,14,15)/t13-,14?,19-,20+;11-/m01/s1. The van der Waals surface area contributed by atoms with E-state index in [4.69, 9.17) is 9.84 Å². The molecule has 2 aromatic carbocycles. The lowest BCUT2D eigenvalue weighted by Crippen LogP contribution is -2.54. The third-order valence-corrected chi connectivity index (χ3v) is 8.96. The number of aromatic nitrogens is 1. The summed E-state index contributed by atoms with van der Waals surface area (Å²) in [4.78, 5) is 28.6. The molecule has 2 N–H and O–H groups in total. The van der Waals surface area contributed by atoms with Gasteiger partial charge in [-0.2, -0.15) is 0 Å². The highest BCUT2D eigenvalue weighted by Gasteiger charge is 2.42. The summed E-state index contributed by atoms with van der Waals surface area (Å²) in [7, 11) is 1.66. The van der Waals surface area contributed by atoms with Gasteiger partial charge in [0.25, 0.3) is 0 Å². The van der Waals surface area contributed by atoms with Gasteiger partial charge >= 0.3 is 5.97 Å². The third kappa shape index (κ3) is 7.30. The monoisotopic (exact) mass is 562 g/mol. The Morgan fingerprint density at radius 2 is 2.00 bits per heavy atom. The number of hydrogen-bond acceptors (Lipinski definition) is 7. The molecule has 1 aromatic heterocycles. The number of nitrogens with zero attached hydrogens (tertiary/aromatic N) is 2. The molecule has 40 heavy (non-hydrogen) atoms. The molecule has 2 unspecified atom stereocenters. The van der Waals surface area contributed by atoms with Crippen molar-refractivity contribution in [1.82, 2.24) is 9.88 Å². The average Bonchev–Trinajstić information content (AvgIpc) is 2.99. The van der Waals surface area contributed by atoms with Crippen molar-refractivity contribution in [2.45, 2.75) is 38.3 Å². The fourth-order valence-electron chi connectivity index (χ4n) is 5.78. The van der Waals surface area contributed by atoms with Crippen LogP contribution in [-0.4, -0.2) is 63.2 Å². The van der Waals surface area contributed by atoms with Gasteiger partial charge in [0.2, 0.25) is 0 Å². The van der Waals surface area contributed by atoms with Gasteiger partial charge in [-0.15, -0.1) is 6.58 Å². The second kappa shape index (κ2) is 13.9. The lowest BCUT2D eigenvalue weighted by atomic mass is 9.73. The van der Waals surface area contributed by atoms with E-state index in [1.165, 1.54) is 13.3 Å². The molecule has 8 heteroatoms. The maximum absolute atomic E-state index is 11.2. The van der Waals surface area contributed by atoms with Gasteiger partial charge in [-0.1, -0.05) is 48.2 Å². The summed E-state index contributed by atoms with van der Waals surface area (Å²) in [5.74, 6) is 0.987. The number of ether oxygens (including phenoxy) is 1. The number of carbonyl (C=O) groups excluding carboxylic acids is 1. The molecule has 0 amide bonds. The molecular formula is C32H38N2O5S. The number of aliphatic carboxylic acids is 1. The maximum Gasteiger partial charge on any atom is 0.307 e. The minimum atomic E-state index is -0.849. The largest absolute Gasteiger partial charge is 0.497 e. The number of aliphatic hydroxyl groups is 1. The third-order valence-electron chi connectivity index (χ3n) is 7.98. The Hall–Kier alpha value is -3.20. The summed E-state index contributed by atoms with van der Waals surface area (Å²) in [6, 6.07) is 17.4. The van der Waals surface area contributed by atoms with Crippen LogP contribution in [0.25, 0.3) is 10.9 Å². The number of aliphatic hydroxyl groups excluding tert-OH is 1. The molecule has 7 nitrogen and oxygen atoms in total. The summed E-state index contributed by atoms with van der Waals surface area (Å²) in [5, 5.41) is 21.1. The molecular weight excluding hydrogens is 524 g/mol. The highest BCUT2D eigenvalue weighted by Crippen LogP contribution is 2.42. The molecule has 0 spiro atoms. The van der Waals surface area contributed by atoms with Crippen LogP contribution in [0.15, 0.2) is 73.4 Å². The van der Waals surface area contributed by atoms with Gasteiger partial charge in [-0.3, -0.25) is 19.5 Å². The molecule has 4 heterocycles. The average molecular weight is 563 g/mol. The lowest BCUT2D eigenvalue weighted by molar-refractivity contribution is -0.140. The number of hydrogen-bond donors (Lipinski definition) is 2. The highest BCUT2D eigenvalue weighted by molar-refractivity contribution is 8.13. The molecule has 3 saturated heterocycles. The van der Waals surface area contributed by atoms with Crippen molar-refractivity contribution in [2.24, 2.45) is 17.8 Å². The molecule has 3 aliphatic rings. The lowest BCUT2D eigenvalue weighted by Gasteiger charge is -2.50. The van der Waals surface area contributed by atoms with Gasteiger partial charge < -0.3 is 14.9 Å². The van der Waals surface area contributed by atoms with Crippen LogP contribution in [0.2, 0.25) is 0 Å². The fraction of sp³-hybridized carbons (Fsp3) is 0.406. The van der Waals surface area contributed by atoms with E-state index in [0.29, 0.717) is 24.0 Å². The zero-order valence-electron chi connectivity index (χ0n) is 23.1. The summed E-state index contributed by atoms with van der Waals surface area (Å²) >= 11 is 1.07. The molecule has 0 radical (unpaired) electrons. The van der Waals surface area contributed by atoms with Gasteiger partial charge in [-0.25, -0.2) is 0 Å². The van der Waals surface area contributed by atoms with Crippen molar-refractivity contribution in [3.63, 3.8) is 0 Å². The van der Waals surface area contributed by atoms with E-state index in [0.717, 1.165) is 59.1 Å². The van der Waals surface area contributed by atoms with Crippen LogP contribution in [0.3, 0.4) is 0 Å². The van der Waals surface area contributed by atoms with Gasteiger partial charge in [0.15, 0.2) is 5.12 Å². The number of carboxylic acid groups (broad SMARTS) is 1. The second-order valence-electron chi connectivity index (χ2n) is 10.5. The minimum Gasteiger partial charge on any atom is -0.497 e. The molecule has 2 bridgehead atoms. The van der Waals surface area contributed by atoms with Crippen molar-refractivity contribution >= 4 is 33.7 Å². The molecule has 212 valence electrons. The van der Waals surface area contributed by atoms with Gasteiger partial charge in [0, 0.05) is 36.8 Å². The van der Waals surface area contributed by atoms with Crippen LogP contribution in [0.1, 0.15) is 37.0 Å². The number of carbonyl (C=O) groups is 2. The molecule has 3 fully saturated rings. The Kier molecular flexibility index (Phi) is 10.4. The summed E-state index contributed by atoms with van der Waals surface area (Å²) < 4.78 is 5.35. The molecule has 3 aromatic rings. The molecule has 6 rings (SSSR count). The van der Waals surface area contributed by atoms with Crippen molar-refractivity contribution < 1.29 is 24.5 Å². The quantitative estimate of drug-likeness (QED) is 0.335. The number of piperidine rings is 3. The molecule has 6 atom stereocenters. The summed E-state index contributed by atoms with van der Waals surface area (Å²) in [6.07, 6.45) is 6.09. The van der Waals surface area contributed by atoms with E-state index in [9.17, 15) is 14.7 Å². The van der Waals surface area contributed by atoms with Gasteiger partial charge in [0.1, 0.15) is 5.75 Å². The van der Waals surface area contributed by atoms with Crippen LogP contribution in [-0.2, 0) is 16.0 Å². The van der Waals surface area contributed by atoms with Crippen LogP contribution in [0, 0.1) is 17.8 Å². The zero-order chi connectivity index (χ0) is 28.6. The molecule has 0 saturated carbocycles. The van der Waals surface area contributed by atoms with E-state index >= 15 is 0 Å². The number of thioether (sulfide) groups is 1. The van der Waals surface area contributed by atoms with E-state index in [2.05, 4.69) is 22.5 Å². The maximum atomic E-state index is 11.2. The minimum absolute atomic E-state index is 0.0423. The SMILES string of the molecule is C=C[C@H]1CN2CCC1C[C@H]2[C@H](O)c1ccnc2ccc(OC)cc12.CC(=O)SC[C@@H](Cc1ccccc1)C(=O)O. The van der Waals surface area contributed by atoms with Crippen LogP contribution in [0.4, 0.5) is 0 Å². The number of pyridine rings is 1. The Balaban J connectivity index is 0.000000202. The number of fused-ring (bicyclic) bond motifs is 4. The Morgan fingerprint density at radius 3 is 2.62 bits per heavy atom. The van der Waals surface area contributed by atoms with Gasteiger partial charge in [-0.05, 0) is 73.0 Å². The normalized spacial score (nSPS) is 23.0. The first-order valence-electron chi connectivity index (χ1n) is 13.7. The van der Waals surface area contributed by atoms with Crippen molar-refractivity contribution in [3.8, 4) is 5.75 Å².